The summed E-state index contributed by atoms with van der Waals surface area (Å²) in [7, 11) is 1.56. The number of benzene rings is 1. The first kappa shape index (κ1) is 9.45. The molecule has 0 saturated heterocycles. The molecule has 0 aliphatic heterocycles. The van der Waals surface area contributed by atoms with Gasteiger partial charge in [-0.2, -0.15) is 0 Å². The molecule has 0 bridgehead atoms. The Bertz CT molecular complexity index is 454. The number of nitrogens with zero attached hydrogens (tertiary/aromatic N) is 2. The molecule has 1 aromatic heterocycles. The molecule has 0 radical (unpaired) electrons. The highest BCUT2D eigenvalue weighted by atomic mass is 16.5. The van der Waals surface area contributed by atoms with E-state index in [1.807, 2.05) is 30.3 Å². The normalized spacial score (nSPS) is 9.93. The second-order valence-electron chi connectivity index (χ2n) is 3.09. The Kier molecular flexibility index (Phi) is 2.49. The molecular formula is C11H11N3O. The van der Waals surface area contributed by atoms with E-state index in [2.05, 4.69) is 10.2 Å². The van der Waals surface area contributed by atoms with Crippen LogP contribution in [-0.4, -0.2) is 17.3 Å². The number of nitrogen functional groups attached to an aromatic ring is 1. The highest BCUT2D eigenvalue weighted by Crippen LogP contribution is 2.19. The summed E-state index contributed by atoms with van der Waals surface area (Å²) in [6, 6.07) is 11.1. The number of hydrogen-bond donors (Lipinski definition) is 1. The lowest BCUT2D eigenvalue weighted by atomic mass is 10.1. The fourth-order valence-electron chi connectivity index (χ4n) is 1.28. The van der Waals surface area contributed by atoms with E-state index < -0.39 is 0 Å². The van der Waals surface area contributed by atoms with Crippen LogP contribution in [-0.2, 0) is 0 Å². The molecular weight excluding hydrogens is 190 g/mol. The van der Waals surface area contributed by atoms with E-state index in [1.165, 1.54) is 0 Å². The lowest BCUT2D eigenvalue weighted by Crippen LogP contribution is -1.92. The molecule has 4 nitrogen and oxygen atoms in total. The molecule has 2 aromatic rings. The summed E-state index contributed by atoms with van der Waals surface area (Å²) < 4.78 is 4.93. The van der Waals surface area contributed by atoms with Crippen LogP contribution in [0.2, 0.25) is 0 Å². The summed E-state index contributed by atoms with van der Waals surface area (Å²) in [5.74, 6) is 0.502. The number of hydrogen-bond acceptors (Lipinski definition) is 4. The third-order valence-corrected chi connectivity index (χ3v) is 2.03. The van der Waals surface area contributed by atoms with Crippen molar-refractivity contribution in [3.63, 3.8) is 0 Å². The van der Waals surface area contributed by atoms with Gasteiger partial charge in [0.25, 0.3) is 0 Å². The molecule has 0 spiro atoms. The van der Waals surface area contributed by atoms with Crippen molar-refractivity contribution in [1.29, 1.82) is 0 Å². The maximum Gasteiger partial charge on any atom is 0.233 e. The molecule has 4 heteroatoms. The first-order valence-corrected chi connectivity index (χ1v) is 4.53. The Morgan fingerprint density at radius 3 is 2.60 bits per heavy atom. The monoisotopic (exact) mass is 201 g/mol. The van der Waals surface area contributed by atoms with Gasteiger partial charge in [-0.3, -0.25) is 0 Å². The van der Waals surface area contributed by atoms with Crippen molar-refractivity contribution in [2.24, 2.45) is 0 Å². The van der Waals surface area contributed by atoms with E-state index >= 15 is 0 Å². The van der Waals surface area contributed by atoms with Gasteiger partial charge in [-0.15, -0.1) is 10.2 Å². The van der Waals surface area contributed by atoms with Crippen LogP contribution in [0.15, 0.2) is 36.4 Å². The zero-order valence-corrected chi connectivity index (χ0v) is 8.34. The number of rotatable bonds is 2. The average molecular weight is 201 g/mol. The van der Waals surface area contributed by atoms with Crippen molar-refractivity contribution < 1.29 is 4.74 Å². The van der Waals surface area contributed by atoms with Crippen LogP contribution < -0.4 is 10.5 Å². The molecule has 15 heavy (non-hydrogen) atoms. The topological polar surface area (TPSA) is 61.0 Å². The predicted molar refractivity (Wildman–Crippen MR) is 58.4 cm³/mol. The molecule has 76 valence electrons. The summed E-state index contributed by atoms with van der Waals surface area (Å²) in [4.78, 5) is 0. The molecule has 0 aliphatic rings. The molecule has 0 fully saturated rings. The summed E-state index contributed by atoms with van der Waals surface area (Å²) in [6.07, 6.45) is 0. The van der Waals surface area contributed by atoms with Crippen LogP contribution in [0, 0.1) is 0 Å². The summed E-state index contributed by atoms with van der Waals surface area (Å²) >= 11 is 0. The van der Waals surface area contributed by atoms with Crippen molar-refractivity contribution >= 4 is 5.69 Å². The van der Waals surface area contributed by atoms with E-state index in [-0.39, 0.29) is 0 Å². The molecule has 1 heterocycles. The van der Waals surface area contributed by atoms with Gasteiger partial charge >= 0.3 is 0 Å². The van der Waals surface area contributed by atoms with E-state index in [9.17, 15) is 0 Å². The van der Waals surface area contributed by atoms with Crippen molar-refractivity contribution in [2.75, 3.05) is 12.8 Å². The van der Waals surface area contributed by atoms with E-state index in [4.69, 9.17) is 10.5 Å². The van der Waals surface area contributed by atoms with Gasteiger partial charge in [0.1, 0.15) is 0 Å². The smallest absolute Gasteiger partial charge is 0.233 e. The maximum atomic E-state index is 5.68. The summed E-state index contributed by atoms with van der Waals surface area (Å²) in [5, 5.41) is 7.92. The Labute approximate surface area is 87.7 Å². The number of anilines is 1. The zero-order valence-electron chi connectivity index (χ0n) is 8.34. The minimum absolute atomic E-state index is 0.502. The minimum atomic E-state index is 0.502. The molecule has 0 atom stereocenters. The van der Waals surface area contributed by atoms with E-state index in [0.29, 0.717) is 11.6 Å². The molecule has 2 N–H and O–H groups in total. The van der Waals surface area contributed by atoms with Crippen LogP contribution in [0.1, 0.15) is 0 Å². The molecule has 0 saturated carbocycles. The van der Waals surface area contributed by atoms with Gasteiger partial charge in [-0.1, -0.05) is 12.1 Å². The van der Waals surface area contributed by atoms with Crippen LogP contribution >= 0.6 is 0 Å². The second kappa shape index (κ2) is 3.96. The van der Waals surface area contributed by atoms with Crippen LogP contribution in [0.5, 0.6) is 5.88 Å². The van der Waals surface area contributed by atoms with Gasteiger partial charge in [-0.25, -0.2) is 0 Å². The third kappa shape index (κ3) is 2.04. The number of aromatic nitrogens is 2. The van der Waals surface area contributed by atoms with Crippen molar-refractivity contribution in [3.8, 4) is 17.1 Å². The molecule has 2 rings (SSSR count). The second-order valence-corrected chi connectivity index (χ2v) is 3.09. The standard InChI is InChI=1S/C11H11N3O/c1-15-11-6-5-10(13-14-11)8-3-2-4-9(12)7-8/h2-7H,12H2,1H3. The van der Waals surface area contributed by atoms with Crippen molar-refractivity contribution in [1.82, 2.24) is 10.2 Å². The summed E-state index contributed by atoms with van der Waals surface area (Å²) in [5.41, 5.74) is 8.12. The average Bonchev–Trinajstić information content (AvgIpc) is 2.29. The zero-order chi connectivity index (χ0) is 10.7. The maximum absolute atomic E-state index is 5.68. The Balaban J connectivity index is 2.37. The van der Waals surface area contributed by atoms with Gasteiger partial charge < -0.3 is 10.5 Å². The predicted octanol–water partition coefficient (Wildman–Crippen LogP) is 1.73. The Morgan fingerprint density at radius 1 is 1.13 bits per heavy atom. The van der Waals surface area contributed by atoms with E-state index in [0.717, 1.165) is 11.3 Å². The Hall–Kier alpha value is -2.10. The molecule has 0 amide bonds. The largest absolute Gasteiger partial charge is 0.480 e. The fraction of sp³-hybridized carbons (Fsp3) is 0.0909. The molecule has 1 aromatic carbocycles. The van der Waals surface area contributed by atoms with Gasteiger partial charge in [0.05, 0.1) is 12.8 Å². The van der Waals surface area contributed by atoms with Gasteiger partial charge in [0, 0.05) is 17.3 Å². The lowest BCUT2D eigenvalue weighted by molar-refractivity contribution is 0.392. The highest BCUT2D eigenvalue weighted by Gasteiger charge is 2.00. The van der Waals surface area contributed by atoms with Crippen molar-refractivity contribution in [3.05, 3.63) is 36.4 Å². The Morgan fingerprint density at radius 2 is 2.00 bits per heavy atom. The van der Waals surface area contributed by atoms with Crippen molar-refractivity contribution in [2.45, 2.75) is 0 Å². The quantitative estimate of drug-likeness (QED) is 0.752. The van der Waals surface area contributed by atoms with Crippen LogP contribution in [0.25, 0.3) is 11.3 Å². The summed E-state index contributed by atoms with van der Waals surface area (Å²) in [6.45, 7) is 0. The van der Waals surface area contributed by atoms with Gasteiger partial charge in [0.2, 0.25) is 5.88 Å². The van der Waals surface area contributed by atoms with Gasteiger partial charge in [-0.05, 0) is 18.2 Å². The fourth-order valence-corrected chi connectivity index (χ4v) is 1.28. The van der Waals surface area contributed by atoms with Gasteiger partial charge in [0.15, 0.2) is 0 Å². The van der Waals surface area contributed by atoms with Crippen LogP contribution in [0.3, 0.4) is 0 Å². The van der Waals surface area contributed by atoms with Crippen LogP contribution in [0.4, 0.5) is 5.69 Å². The third-order valence-electron chi connectivity index (χ3n) is 2.03. The first-order chi connectivity index (χ1) is 7.29. The minimum Gasteiger partial charge on any atom is -0.480 e. The van der Waals surface area contributed by atoms with E-state index in [1.54, 1.807) is 13.2 Å². The highest BCUT2D eigenvalue weighted by molar-refractivity contribution is 5.63. The lowest BCUT2D eigenvalue weighted by Gasteiger charge is -2.02. The molecule has 0 unspecified atom stereocenters. The molecule has 0 aliphatic carbocycles. The first-order valence-electron chi connectivity index (χ1n) is 4.53. The number of ether oxygens (including phenoxy) is 1. The SMILES string of the molecule is COc1ccc(-c2cccc(N)c2)nn1. The number of nitrogens with two attached hydrogens (primary N) is 1. The number of methoxy groups -OCH3 is 1.